The van der Waals surface area contributed by atoms with Gasteiger partial charge in [-0.1, -0.05) is 42.6 Å². The molecule has 0 N–H and O–H groups in total. The van der Waals surface area contributed by atoms with Crippen molar-refractivity contribution in [2.24, 2.45) is 0 Å². The van der Waals surface area contributed by atoms with E-state index in [0.29, 0.717) is 41.7 Å². The highest BCUT2D eigenvalue weighted by Gasteiger charge is 2.26. The van der Waals surface area contributed by atoms with Crippen LogP contribution in [0.3, 0.4) is 0 Å². The van der Waals surface area contributed by atoms with Crippen molar-refractivity contribution in [1.29, 1.82) is 0 Å². The van der Waals surface area contributed by atoms with Crippen LogP contribution in [0.5, 0.6) is 11.5 Å². The molecule has 0 spiro atoms. The number of aromatic nitrogens is 2. The molecule has 1 aliphatic rings. The third-order valence-corrected chi connectivity index (χ3v) is 5.94. The Kier molecular flexibility index (Phi) is 7.04. The van der Waals surface area contributed by atoms with Gasteiger partial charge >= 0.3 is 0 Å². The number of benzene rings is 2. The molecule has 7 heteroatoms. The molecule has 1 fully saturated rings. The average Bonchev–Trinajstić information content (AvgIpc) is 3.34. The molecule has 4 rings (SSSR count). The van der Waals surface area contributed by atoms with E-state index >= 15 is 0 Å². The largest absolute Gasteiger partial charge is 0.497 e. The Balaban J connectivity index is 1.50. The lowest BCUT2D eigenvalue weighted by atomic mass is 9.93. The Morgan fingerprint density at radius 2 is 1.72 bits per heavy atom. The Hall–Kier alpha value is -3.35. The SMILES string of the molecule is COc1cc(OC)cc(-c2noc(CCN(C(=O)c3ccccc3)C3CCCCC3)n2)c1. The van der Waals surface area contributed by atoms with Gasteiger partial charge in [0.05, 0.1) is 14.2 Å². The molecule has 2 aromatic carbocycles. The standard InChI is InChI=1S/C25H29N3O4/c1-30-21-15-19(16-22(17-21)31-2)24-26-23(32-27-24)13-14-28(20-11-7-4-8-12-20)25(29)18-9-5-3-6-10-18/h3,5-6,9-10,15-17,20H,4,7-8,11-14H2,1-2H3. The average molecular weight is 436 g/mol. The highest BCUT2D eigenvalue weighted by Crippen LogP contribution is 2.28. The van der Waals surface area contributed by atoms with Gasteiger partial charge in [0.1, 0.15) is 11.5 Å². The van der Waals surface area contributed by atoms with Crippen LogP contribution in [0.1, 0.15) is 48.4 Å². The molecule has 0 saturated heterocycles. The van der Waals surface area contributed by atoms with Crippen LogP contribution in [0.15, 0.2) is 53.1 Å². The van der Waals surface area contributed by atoms with E-state index < -0.39 is 0 Å². The number of carbonyl (C=O) groups is 1. The Morgan fingerprint density at radius 1 is 1.03 bits per heavy atom. The number of hydrogen-bond donors (Lipinski definition) is 0. The zero-order valence-electron chi connectivity index (χ0n) is 18.6. The highest BCUT2D eigenvalue weighted by atomic mass is 16.5. The Labute approximate surface area is 188 Å². The molecule has 3 aromatic rings. The van der Waals surface area contributed by atoms with Crippen LogP contribution in [0.4, 0.5) is 0 Å². The number of rotatable bonds is 8. The first-order valence-corrected chi connectivity index (χ1v) is 11.1. The van der Waals surface area contributed by atoms with E-state index in [9.17, 15) is 4.79 Å². The first kappa shape index (κ1) is 21.9. The molecule has 32 heavy (non-hydrogen) atoms. The molecule has 0 unspecified atom stereocenters. The molecular formula is C25H29N3O4. The summed E-state index contributed by atoms with van der Waals surface area (Å²) in [6, 6.07) is 15.2. The van der Waals surface area contributed by atoms with Crippen molar-refractivity contribution in [2.75, 3.05) is 20.8 Å². The molecular weight excluding hydrogens is 406 g/mol. The summed E-state index contributed by atoms with van der Waals surface area (Å²) in [7, 11) is 3.20. The number of nitrogens with zero attached hydrogens (tertiary/aromatic N) is 3. The number of hydrogen-bond acceptors (Lipinski definition) is 6. The summed E-state index contributed by atoms with van der Waals surface area (Å²) in [6.07, 6.45) is 6.13. The van der Waals surface area contributed by atoms with Crippen molar-refractivity contribution in [2.45, 2.75) is 44.6 Å². The van der Waals surface area contributed by atoms with Crippen molar-refractivity contribution in [3.63, 3.8) is 0 Å². The zero-order chi connectivity index (χ0) is 22.3. The van der Waals surface area contributed by atoms with Gasteiger partial charge in [0.25, 0.3) is 5.91 Å². The van der Waals surface area contributed by atoms with Crippen LogP contribution in [0.25, 0.3) is 11.4 Å². The van der Waals surface area contributed by atoms with Crippen molar-refractivity contribution >= 4 is 5.91 Å². The molecule has 7 nitrogen and oxygen atoms in total. The van der Waals surface area contributed by atoms with Crippen molar-refractivity contribution in [3.05, 3.63) is 60.0 Å². The van der Waals surface area contributed by atoms with Gasteiger partial charge in [0.2, 0.25) is 11.7 Å². The fraction of sp³-hybridized carbons (Fsp3) is 0.400. The van der Waals surface area contributed by atoms with E-state index in [0.717, 1.165) is 31.2 Å². The number of carbonyl (C=O) groups excluding carboxylic acids is 1. The van der Waals surface area contributed by atoms with Crippen molar-refractivity contribution < 1.29 is 18.8 Å². The molecule has 1 heterocycles. The predicted molar refractivity (Wildman–Crippen MR) is 121 cm³/mol. The third kappa shape index (κ3) is 5.10. The fourth-order valence-electron chi connectivity index (χ4n) is 4.22. The molecule has 1 amide bonds. The van der Waals surface area contributed by atoms with E-state index in [-0.39, 0.29) is 11.9 Å². The zero-order valence-corrected chi connectivity index (χ0v) is 18.6. The first-order chi connectivity index (χ1) is 15.7. The van der Waals surface area contributed by atoms with Gasteiger partial charge < -0.3 is 18.9 Å². The monoisotopic (exact) mass is 435 g/mol. The molecule has 1 saturated carbocycles. The van der Waals surface area contributed by atoms with Gasteiger partial charge in [0.15, 0.2) is 0 Å². The van der Waals surface area contributed by atoms with Crippen molar-refractivity contribution in [3.8, 4) is 22.9 Å². The molecule has 168 valence electrons. The smallest absolute Gasteiger partial charge is 0.254 e. The van der Waals surface area contributed by atoms with Crippen LogP contribution in [0, 0.1) is 0 Å². The Morgan fingerprint density at radius 3 is 2.38 bits per heavy atom. The molecule has 0 bridgehead atoms. The molecule has 0 atom stereocenters. The highest BCUT2D eigenvalue weighted by molar-refractivity contribution is 5.94. The maximum absolute atomic E-state index is 13.3. The van der Waals surface area contributed by atoms with E-state index in [1.54, 1.807) is 20.3 Å². The molecule has 0 radical (unpaired) electrons. The van der Waals surface area contributed by atoms with Crippen LogP contribution in [-0.4, -0.2) is 47.8 Å². The first-order valence-electron chi connectivity index (χ1n) is 11.1. The maximum atomic E-state index is 13.3. The van der Waals surface area contributed by atoms with Gasteiger partial charge in [-0.2, -0.15) is 4.98 Å². The molecule has 1 aliphatic carbocycles. The lowest BCUT2D eigenvalue weighted by molar-refractivity contribution is 0.0632. The summed E-state index contributed by atoms with van der Waals surface area (Å²) in [6.45, 7) is 0.543. The summed E-state index contributed by atoms with van der Waals surface area (Å²) in [4.78, 5) is 19.8. The number of methoxy groups -OCH3 is 2. The predicted octanol–water partition coefficient (Wildman–Crippen LogP) is 4.77. The third-order valence-electron chi connectivity index (χ3n) is 5.94. The second-order valence-corrected chi connectivity index (χ2v) is 8.02. The van der Waals surface area contributed by atoms with E-state index in [2.05, 4.69) is 10.1 Å². The van der Waals surface area contributed by atoms with E-state index in [4.69, 9.17) is 14.0 Å². The second kappa shape index (κ2) is 10.3. The summed E-state index contributed by atoms with van der Waals surface area (Å²) < 4.78 is 16.2. The van der Waals surface area contributed by atoms with Crippen molar-refractivity contribution in [1.82, 2.24) is 15.0 Å². The quantitative estimate of drug-likeness (QED) is 0.507. The van der Waals surface area contributed by atoms with Gasteiger partial charge in [0, 0.05) is 36.2 Å². The number of ether oxygens (including phenoxy) is 2. The number of amides is 1. The minimum atomic E-state index is 0.0646. The van der Waals surface area contributed by atoms with Gasteiger partial charge in [-0.25, -0.2) is 0 Å². The summed E-state index contributed by atoms with van der Waals surface area (Å²) in [5.41, 5.74) is 1.47. The fourth-order valence-corrected chi connectivity index (χ4v) is 4.22. The van der Waals surface area contributed by atoms with Crippen LogP contribution in [0.2, 0.25) is 0 Å². The normalized spacial score (nSPS) is 14.2. The molecule has 0 aliphatic heterocycles. The minimum Gasteiger partial charge on any atom is -0.497 e. The minimum absolute atomic E-state index is 0.0646. The van der Waals surface area contributed by atoms with Crippen LogP contribution in [-0.2, 0) is 6.42 Å². The summed E-state index contributed by atoms with van der Waals surface area (Å²) >= 11 is 0. The van der Waals surface area contributed by atoms with Crippen LogP contribution >= 0.6 is 0 Å². The summed E-state index contributed by atoms with van der Waals surface area (Å²) in [5, 5.41) is 4.13. The topological polar surface area (TPSA) is 77.7 Å². The van der Waals surface area contributed by atoms with Gasteiger partial charge in [-0.15, -0.1) is 0 Å². The maximum Gasteiger partial charge on any atom is 0.254 e. The second-order valence-electron chi connectivity index (χ2n) is 8.02. The van der Waals surface area contributed by atoms with Crippen LogP contribution < -0.4 is 9.47 Å². The molecule has 1 aromatic heterocycles. The van der Waals surface area contributed by atoms with E-state index in [1.807, 2.05) is 47.4 Å². The lowest BCUT2D eigenvalue weighted by Gasteiger charge is -2.34. The van der Waals surface area contributed by atoms with Gasteiger partial charge in [-0.3, -0.25) is 4.79 Å². The lowest BCUT2D eigenvalue weighted by Crippen LogP contribution is -2.42. The van der Waals surface area contributed by atoms with Gasteiger partial charge in [-0.05, 0) is 37.1 Å². The summed E-state index contributed by atoms with van der Waals surface area (Å²) in [5.74, 6) is 2.35. The van der Waals surface area contributed by atoms with E-state index in [1.165, 1.54) is 6.42 Å². The Bertz CT molecular complexity index is 1010.